The Morgan fingerprint density at radius 1 is 1.03 bits per heavy atom. The Balaban J connectivity index is 0.000000369. The fourth-order valence-electron chi connectivity index (χ4n) is 3.77. The summed E-state index contributed by atoms with van der Waals surface area (Å²) in [4.78, 5) is 4.97. The number of benzene rings is 3. The van der Waals surface area contributed by atoms with Crippen LogP contribution in [-0.4, -0.2) is 18.5 Å². The van der Waals surface area contributed by atoms with Crippen LogP contribution in [0.1, 0.15) is 37.3 Å². The van der Waals surface area contributed by atoms with Gasteiger partial charge in [-0.25, -0.2) is 4.99 Å². The molecule has 2 unspecified atom stereocenters. The molecular weight excluding hydrogens is 447 g/mol. The topological polar surface area (TPSA) is 48.5 Å². The summed E-state index contributed by atoms with van der Waals surface area (Å²) in [5.74, 6) is 1.54. The maximum Gasteiger partial charge on any atom is 0.137 e. The summed E-state index contributed by atoms with van der Waals surface area (Å²) < 4.78 is 0. The Hall–Kier alpha value is -3.54. The first-order valence-corrected chi connectivity index (χ1v) is 12.6. The monoisotopic (exact) mass is 482 g/mol. The molecule has 1 heterocycles. The highest BCUT2D eigenvalue weighted by Crippen LogP contribution is 2.37. The largest absolute Gasteiger partial charge is 0.385 e. The molecule has 0 radical (unpaired) electrons. The Labute approximate surface area is 212 Å². The van der Waals surface area contributed by atoms with E-state index in [0.29, 0.717) is 5.92 Å². The zero-order valence-corrected chi connectivity index (χ0v) is 21.5. The van der Waals surface area contributed by atoms with Gasteiger partial charge in [0.2, 0.25) is 0 Å². The molecule has 3 aromatic rings. The number of amidine groups is 1. The van der Waals surface area contributed by atoms with E-state index < -0.39 is 0 Å². The second-order valence-electron chi connectivity index (χ2n) is 8.44. The fourth-order valence-corrected chi connectivity index (χ4v) is 4.03. The minimum atomic E-state index is 0.154. The van der Waals surface area contributed by atoms with Gasteiger partial charge in [0.05, 0.1) is 0 Å². The second-order valence-corrected chi connectivity index (χ2v) is 9.11. The van der Waals surface area contributed by atoms with Gasteiger partial charge < -0.3 is 16.0 Å². The van der Waals surface area contributed by atoms with Gasteiger partial charge in [-0.1, -0.05) is 68.1 Å². The van der Waals surface area contributed by atoms with Gasteiger partial charge in [-0.15, -0.1) is 22.1 Å². The standard InChI is InChI=1S/C22H27N4P.C6H6.C2H2/c1-3-12-23-19-11-10-16(27)13-18(19)14(2)24-22-17-6-4-5-7-20(17)25-21(26-22)15-8-9-15;1-2-4-6-5-3-1;1-2/h4-7,10-11,13,15,21,23,25H,2-3,8-9,12,27H2,1H3,(H,24,26);1-6H;1-2H. The van der Waals surface area contributed by atoms with Crippen LogP contribution in [0.25, 0.3) is 5.70 Å². The molecule has 1 fully saturated rings. The normalized spacial score (nSPS) is 15.4. The van der Waals surface area contributed by atoms with Crippen LogP contribution in [0.15, 0.2) is 90.4 Å². The van der Waals surface area contributed by atoms with Crippen LogP contribution in [0.2, 0.25) is 0 Å². The average Bonchev–Trinajstić information content (AvgIpc) is 3.76. The van der Waals surface area contributed by atoms with E-state index in [9.17, 15) is 0 Å². The van der Waals surface area contributed by atoms with E-state index in [2.05, 4.69) is 94.0 Å². The van der Waals surface area contributed by atoms with Crippen molar-refractivity contribution in [3.05, 3.63) is 96.6 Å². The molecule has 1 saturated carbocycles. The Kier molecular flexibility index (Phi) is 9.96. The third kappa shape index (κ3) is 7.47. The lowest BCUT2D eigenvalue weighted by Crippen LogP contribution is -2.34. The van der Waals surface area contributed by atoms with Crippen molar-refractivity contribution in [2.24, 2.45) is 10.9 Å². The molecule has 1 aliphatic carbocycles. The highest BCUT2D eigenvalue weighted by atomic mass is 31.0. The number of para-hydroxylation sites is 1. The number of terminal acetylenes is 1. The molecule has 0 spiro atoms. The van der Waals surface area contributed by atoms with Gasteiger partial charge in [0, 0.05) is 34.7 Å². The highest BCUT2D eigenvalue weighted by Gasteiger charge is 2.34. The zero-order chi connectivity index (χ0) is 25.0. The maximum absolute atomic E-state index is 4.97. The lowest BCUT2D eigenvalue weighted by molar-refractivity contribution is 0.659. The number of nitrogens with zero attached hydrogens (tertiary/aromatic N) is 1. The van der Waals surface area contributed by atoms with Crippen LogP contribution in [0.3, 0.4) is 0 Å². The van der Waals surface area contributed by atoms with Crippen molar-refractivity contribution in [3.63, 3.8) is 0 Å². The minimum absolute atomic E-state index is 0.154. The number of aliphatic imine (C=N–C) groups is 1. The molecule has 3 aromatic carbocycles. The lowest BCUT2D eigenvalue weighted by atomic mass is 10.1. The van der Waals surface area contributed by atoms with Gasteiger partial charge in [0.25, 0.3) is 0 Å². The molecule has 2 atom stereocenters. The predicted molar refractivity (Wildman–Crippen MR) is 156 cm³/mol. The smallest absolute Gasteiger partial charge is 0.137 e. The molecular formula is C30H35N4P. The molecule has 5 heteroatoms. The summed E-state index contributed by atoms with van der Waals surface area (Å²) in [6.07, 6.45) is 11.7. The predicted octanol–water partition coefficient (Wildman–Crippen LogP) is 6.11. The molecule has 3 N–H and O–H groups in total. The molecule has 0 aromatic heterocycles. The summed E-state index contributed by atoms with van der Waals surface area (Å²) in [6, 6.07) is 26.7. The molecule has 0 bridgehead atoms. The molecule has 5 rings (SSSR count). The highest BCUT2D eigenvalue weighted by molar-refractivity contribution is 7.27. The van der Waals surface area contributed by atoms with Gasteiger partial charge in [0.1, 0.15) is 12.0 Å². The minimum Gasteiger partial charge on any atom is -0.385 e. The number of fused-ring (bicyclic) bond motifs is 1. The number of rotatable bonds is 6. The van der Waals surface area contributed by atoms with Crippen molar-refractivity contribution < 1.29 is 0 Å². The van der Waals surface area contributed by atoms with Crippen molar-refractivity contribution >= 4 is 37.5 Å². The van der Waals surface area contributed by atoms with Crippen molar-refractivity contribution in [1.29, 1.82) is 0 Å². The van der Waals surface area contributed by atoms with Crippen LogP contribution in [0.4, 0.5) is 11.4 Å². The summed E-state index contributed by atoms with van der Waals surface area (Å²) in [7, 11) is 2.77. The zero-order valence-electron chi connectivity index (χ0n) is 20.4. The van der Waals surface area contributed by atoms with Crippen LogP contribution in [0.5, 0.6) is 0 Å². The van der Waals surface area contributed by atoms with Crippen molar-refractivity contribution in [2.75, 3.05) is 17.2 Å². The van der Waals surface area contributed by atoms with Crippen LogP contribution in [-0.2, 0) is 0 Å². The number of hydrogen-bond donors (Lipinski definition) is 3. The van der Waals surface area contributed by atoms with Gasteiger partial charge >= 0.3 is 0 Å². The number of nitrogens with one attached hydrogen (secondary N) is 3. The molecule has 4 nitrogen and oxygen atoms in total. The van der Waals surface area contributed by atoms with Gasteiger partial charge in [0.15, 0.2) is 0 Å². The molecule has 180 valence electrons. The number of anilines is 2. The molecule has 2 aliphatic rings. The van der Waals surface area contributed by atoms with Crippen molar-refractivity contribution in [2.45, 2.75) is 32.4 Å². The first-order valence-electron chi connectivity index (χ1n) is 12.0. The van der Waals surface area contributed by atoms with Crippen LogP contribution in [0, 0.1) is 18.8 Å². The molecule has 0 saturated heterocycles. The van der Waals surface area contributed by atoms with E-state index in [1.165, 1.54) is 12.8 Å². The fraction of sp³-hybridized carbons (Fsp3) is 0.233. The Morgan fingerprint density at radius 3 is 2.31 bits per heavy atom. The van der Waals surface area contributed by atoms with E-state index in [0.717, 1.165) is 52.3 Å². The molecule has 35 heavy (non-hydrogen) atoms. The summed E-state index contributed by atoms with van der Waals surface area (Å²) in [6.45, 7) is 7.43. The van der Waals surface area contributed by atoms with Crippen LogP contribution >= 0.6 is 9.24 Å². The second kappa shape index (κ2) is 13.4. The van der Waals surface area contributed by atoms with E-state index in [1.54, 1.807) is 0 Å². The third-order valence-corrected chi connectivity index (χ3v) is 6.05. The summed E-state index contributed by atoms with van der Waals surface area (Å²) >= 11 is 0. The number of hydrogen-bond acceptors (Lipinski definition) is 4. The molecule has 0 amide bonds. The molecule has 1 aliphatic heterocycles. The summed E-state index contributed by atoms with van der Waals surface area (Å²) in [5, 5.41) is 11.7. The first kappa shape index (κ1) is 26.1. The van der Waals surface area contributed by atoms with Gasteiger partial charge in [-0.3, -0.25) is 0 Å². The van der Waals surface area contributed by atoms with Crippen molar-refractivity contribution in [1.82, 2.24) is 5.32 Å². The van der Waals surface area contributed by atoms with E-state index in [1.807, 2.05) is 36.4 Å². The van der Waals surface area contributed by atoms with E-state index >= 15 is 0 Å². The maximum atomic E-state index is 4.97. The Morgan fingerprint density at radius 2 is 1.69 bits per heavy atom. The van der Waals surface area contributed by atoms with Crippen molar-refractivity contribution in [3.8, 4) is 12.8 Å². The Bertz CT molecular complexity index is 1120. The quantitative estimate of drug-likeness (QED) is 0.293. The van der Waals surface area contributed by atoms with Crippen LogP contribution < -0.4 is 21.3 Å². The SMILES string of the molecule is C#C.C=C(NC1=NC(C2CC2)Nc2ccccc21)c1cc(P)ccc1NCCC.c1ccccc1. The first-order chi connectivity index (χ1) is 17.2. The van der Waals surface area contributed by atoms with E-state index in [-0.39, 0.29) is 6.17 Å². The van der Waals surface area contributed by atoms with Gasteiger partial charge in [-0.2, -0.15) is 0 Å². The third-order valence-electron chi connectivity index (χ3n) is 5.69. The lowest BCUT2D eigenvalue weighted by Gasteiger charge is -2.27. The average molecular weight is 483 g/mol. The van der Waals surface area contributed by atoms with E-state index in [4.69, 9.17) is 4.99 Å². The summed E-state index contributed by atoms with van der Waals surface area (Å²) in [5.41, 5.74) is 5.28. The van der Waals surface area contributed by atoms with Gasteiger partial charge in [-0.05, 0) is 54.8 Å².